The Bertz CT molecular complexity index is 866. The maximum atomic E-state index is 13.0. The summed E-state index contributed by atoms with van der Waals surface area (Å²) in [6.07, 6.45) is 11.7. The van der Waals surface area contributed by atoms with Crippen molar-refractivity contribution in [1.29, 1.82) is 0 Å². The molecular formula is C23H33N3O2. The number of fused-ring (bicyclic) bond motifs is 1. The van der Waals surface area contributed by atoms with E-state index in [9.17, 15) is 9.59 Å². The Morgan fingerprint density at radius 2 is 1.54 bits per heavy atom. The average molecular weight is 384 g/mol. The molecule has 0 atom stereocenters. The van der Waals surface area contributed by atoms with E-state index in [0.717, 1.165) is 42.9 Å². The van der Waals surface area contributed by atoms with Gasteiger partial charge in [-0.2, -0.15) is 0 Å². The SMILES string of the molecule is CC(=O)n1c(=O)n(C2CCN(CC3CCCCCCC3)CC2)c2ccccc21. The van der Waals surface area contributed by atoms with Crippen LogP contribution in [-0.4, -0.2) is 39.6 Å². The number of imidazole rings is 1. The highest BCUT2D eigenvalue weighted by molar-refractivity contribution is 5.89. The highest BCUT2D eigenvalue weighted by Crippen LogP contribution is 2.28. The molecule has 1 aromatic heterocycles. The molecule has 1 aromatic carbocycles. The van der Waals surface area contributed by atoms with E-state index in [1.165, 1.54) is 63.0 Å². The van der Waals surface area contributed by atoms with Crippen LogP contribution >= 0.6 is 0 Å². The van der Waals surface area contributed by atoms with Crippen LogP contribution < -0.4 is 5.69 Å². The molecule has 1 aliphatic carbocycles. The van der Waals surface area contributed by atoms with Gasteiger partial charge < -0.3 is 4.90 Å². The molecule has 1 saturated heterocycles. The van der Waals surface area contributed by atoms with Gasteiger partial charge in [0.05, 0.1) is 11.0 Å². The molecule has 2 heterocycles. The number of carbonyl (C=O) groups excluding carboxylic acids is 1. The Morgan fingerprint density at radius 3 is 2.18 bits per heavy atom. The molecule has 2 aromatic rings. The van der Waals surface area contributed by atoms with Crippen LogP contribution in [0, 0.1) is 5.92 Å². The fourth-order valence-electron chi connectivity index (χ4n) is 5.28. The molecule has 1 aliphatic heterocycles. The second-order valence-corrected chi connectivity index (χ2v) is 8.74. The first-order chi connectivity index (χ1) is 13.6. The molecule has 0 N–H and O–H groups in total. The van der Waals surface area contributed by atoms with Crippen LogP contribution in [0.4, 0.5) is 0 Å². The Morgan fingerprint density at radius 1 is 0.929 bits per heavy atom. The van der Waals surface area contributed by atoms with Crippen molar-refractivity contribution < 1.29 is 4.79 Å². The van der Waals surface area contributed by atoms with Crippen molar-refractivity contribution in [2.75, 3.05) is 19.6 Å². The zero-order chi connectivity index (χ0) is 19.5. The van der Waals surface area contributed by atoms with Crippen molar-refractivity contribution in [3.8, 4) is 0 Å². The number of likely N-dealkylation sites (tertiary alicyclic amines) is 1. The first-order valence-electron chi connectivity index (χ1n) is 11.1. The predicted octanol–water partition coefficient (Wildman–Crippen LogP) is 4.46. The van der Waals surface area contributed by atoms with Crippen molar-refractivity contribution in [3.63, 3.8) is 0 Å². The Kier molecular flexibility index (Phi) is 6.00. The average Bonchev–Trinajstić information content (AvgIpc) is 2.96. The van der Waals surface area contributed by atoms with Crippen LogP contribution in [0.5, 0.6) is 0 Å². The molecule has 1 saturated carbocycles. The lowest BCUT2D eigenvalue weighted by Crippen LogP contribution is -2.40. The zero-order valence-corrected chi connectivity index (χ0v) is 17.1. The quantitative estimate of drug-likeness (QED) is 0.786. The predicted molar refractivity (Wildman–Crippen MR) is 113 cm³/mol. The van der Waals surface area contributed by atoms with Crippen molar-refractivity contribution >= 4 is 16.9 Å². The van der Waals surface area contributed by atoms with Crippen molar-refractivity contribution in [3.05, 3.63) is 34.7 Å². The number of hydrogen-bond donors (Lipinski definition) is 0. The highest BCUT2D eigenvalue weighted by Gasteiger charge is 2.27. The van der Waals surface area contributed by atoms with Crippen LogP contribution in [-0.2, 0) is 0 Å². The second kappa shape index (κ2) is 8.64. The number of aromatic nitrogens is 2. The minimum absolute atomic E-state index is 0.174. The summed E-state index contributed by atoms with van der Waals surface area (Å²) in [7, 11) is 0. The number of rotatable bonds is 3. The van der Waals surface area contributed by atoms with Crippen molar-refractivity contribution in [2.24, 2.45) is 5.92 Å². The van der Waals surface area contributed by atoms with Gasteiger partial charge in [-0.15, -0.1) is 0 Å². The van der Waals surface area contributed by atoms with E-state index in [0.29, 0.717) is 0 Å². The van der Waals surface area contributed by atoms with Crippen LogP contribution in [0.25, 0.3) is 11.0 Å². The van der Waals surface area contributed by atoms with Gasteiger partial charge in [0.25, 0.3) is 0 Å². The van der Waals surface area contributed by atoms with E-state index in [1.807, 2.05) is 28.8 Å². The lowest BCUT2D eigenvalue weighted by atomic mass is 9.90. The molecule has 2 aliphatic rings. The molecule has 0 amide bonds. The number of benzene rings is 1. The molecule has 5 nitrogen and oxygen atoms in total. The van der Waals surface area contributed by atoms with Gasteiger partial charge in [0.15, 0.2) is 0 Å². The van der Waals surface area contributed by atoms with E-state index >= 15 is 0 Å². The summed E-state index contributed by atoms with van der Waals surface area (Å²) in [5, 5.41) is 0. The molecule has 0 radical (unpaired) electrons. The third-order valence-corrected chi connectivity index (χ3v) is 6.76. The molecule has 0 spiro atoms. The molecular weight excluding hydrogens is 350 g/mol. The number of hydrogen-bond acceptors (Lipinski definition) is 3. The summed E-state index contributed by atoms with van der Waals surface area (Å²) in [4.78, 5) is 27.6. The lowest BCUT2D eigenvalue weighted by molar-refractivity contribution is 0.0934. The summed E-state index contributed by atoms with van der Waals surface area (Å²) in [6, 6.07) is 7.87. The van der Waals surface area contributed by atoms with E-state index in [1.54, 1.807) is 0 Å². The van der Waals surface area contributed by atoms with Gasteiger partial charge in [-0.1, -0.05) is 44.2 Å². The second-order valence-electron chi connectivity index (χ2n) is 8.74. The van der Waals surface area contributed by atoms with Crippen LogP contribution in [0.15, 0.2) is 29.1 Å². The molecule has 152 valence electrons. The zero-order valence-electron chi connectivity index (χ0n) is 17.1. The summed E-state index contributed by atoms with van der Waals surface area (Å²) >= 11 is 0. The molecule has 2 fully saturated rings. The number of para-hydroxylation sites is 2. The minimum atomic E-state index is -0.207. The smallest absolute Gasteiger partial charge is 0.303 e. The monoisotopic (exact) mass is 383 g/mol. The van der Waals surface area contributed by atoms with E-state index in [4.69, 9.17) is 0 Å². The van der Waals surface area contributed by atoms with Crippen molar-refractivity contribution in [1.82, 2.24) is 14.0 Å². The minimum Gasteiger partial charge on any atom is -0.303 e. The third-order valence-electron chi connectivity index (χ3n) is 6.76. The van der Waals surface area contributed by atoms with E-state index in [-0.39, 0.29) is 17.6 Å². The maximum Gasteiger partial charge on any atom is 0.336 e. The van der Waals surface area contributed by atoms with Gasteiger partial charge in [-0.25, -0.2) is 9.36 Å². The Balaban J connectivity index is 1.46. The summed E-state index contributed by atoms with van der Waals surface area (Å²) in [5.41, 5.74) is 1.45. The maximum absolute atomic E-state index is 13.0. The van der Waals surface area contributed by atoms with Gasteiger partial charge >= 0.3 is 5.69 Å². The van der Waals surface area contributed by atoms with Gasteiger partial charge in [0.1, 0.15) is 0 Å². The summed E-state index contributed by atoms with van der Waals surface area (Å²) < 4.78 is 3.21. The van der Waals surface area contributed by atoms with Crippen molar-refractivity contribution in [2.45, 2.75) is 70.8 Å². The highest BCUT2D eigenvalue weighted by atomic mass is 16.2. The standard InChI is InChI=1S/C23H33N3O2/c1-18(27)25-21-11-7-8-12-22(21)26(23(25)28)20-13-15-24(16-14-20)17-19-9-5-3-2-4-6-10-19/h7-8,11-12,19-20H,2-6,9-10,13-17H2,1H3. The third kappa shape index (κ3) is 3.95. The first kappa shape index (κ1) is 19.4. The number of nitrogens with zero attached hydrogens (tertiary/aromatic N) is 3. The van der Waals surface area contributed by atoms with Gasteiger partial charge in [-0.3, -0.25) is 9.36 Å². The number of carbonyl (C=O) groups is 1. The molecule has 5 heteroatoms. The van der Waals surface area contributed by atoms with Gasteiger partial charge in [-0.05, 0) is 43.7 Å². The van der Waals surface area contributed by atoms with E-state index < -0.39 is 0 Å². The fraction of sp³-hybridized carbons (Fsp3) is 0.652. The summed E-state index contributed by atoms with van der Waals surface area (Å²) in [6.45, 7) is 4.78. The Hall–Kier alpha value is -1.88. The fourth-order valence-corrected chi connectivity index (χ4v) is 5.28. The largest absolute Gasteiger partial charge is 0.336 e. The van der Waals surface area contributed by atoms with Gasteiger partial charge in [0.2, 0.25) is 5.91 Å². The van der Waals surface area contributed by atoms with Crippen LogP contribution in [0.1, 0.15) is 75.5 Å². The Labute approximate surface area is 167 Å². The summed E-state index contributed by atoms with van der Waals surface area (Å²) in [5.74, 6) is 0.640. The molecule has 0 bridgehead atoms. The normalized spacial score (nSPS) is 20.9. The molecule has 28 heavy (non-hydrogen) atoms. The van der Waals surface area contributed by atoms with E-state index in [2.05, 4.69) is 4.90 Å². The number of piperidine rings is 1. The topological polar surface area (TPSA) is 47.2 Å². The lowest BCUT2D eigenvalue weighted by Gasteiger charge is -2.35. The first-order valence-corrected chi connectivity index (χ1v) is 11.1. The molecule has 0 unspecified atom stereocenters. The van der Waals surface area contributed by atoms with Crippen LogP contribution in [0.3, 0.4) is 0 Å². The van der Waals surface area contributed by atoms with Gasteiger partial charge in [0, 0.05) is 32.6 Å². The van der Waals surface area contributed by atoms with Crippen LogP contribution in [0.2, 0.25) is 0 Å². The molecule has 4 rings (SSSR count).